The highest BCUT2D eigenvalue weighted by Crippen LogP contribution is 1.99. The van der Waals surface area contributed by atoms with Gasteiger partial charge in [-0.3, -0.25) is 0 Å². The first kappa shape index (κ1) is 9.08. The van der Waals surface area contributed by atoms with Crippen molar-refractivity contribution in [3.05, 3.63) is 24.2 Å². The van der Waals surface area contributed by atoms with E-state index in [1.54, 1.807) is 13.2 Å². The summed E-state index contributed by atoms with van der Waals surface area (Å²) in [6.07, 6.45) is 1.68. The van der Waals surface area contributed by atoms with Gasteiger partial charge in [-0.1, -0.05) is 6.58 Å². The van der Waals surface area contributed by atoms with Crippen LogP contribution in [0.2, 0.25) is 0 Å². The standard InChI is InChI=1S/C7H10O2Si/c1-6(8-3)5-7(2)9-10-4/h4-5H,2H2,1,3H3/b6-5+. The van der Waals surface area contributed by atoms with E-state index in [1.165, 1.54) is 0 Å². The van der Waals surface area contributed by atoms with E-state index in [0.29, 0.717) is 5.76 Å². The Bertz CT molecular complexity index is 188. The second-order valence-electron chi connectivity index (χ2n) is 1.65. The zero-order valence-corrected chi connectivity index (χ0v) is 7.18. The van der Waals surface area contributed by atoms with Crippen LogP contribution in [-0.2, 0) is 9.16 Å². The summed E-state index contributed by atoms with van der Waals surface area (Å²) in [7, 11) is 1.53. The molecule has 10 heavy (non-hydrogen) atoms. The van der Waals surface area contributed by atoms with Crippen molar-refractivity contribution in [3.63, 3.8) is 0 Å². The third kappa shape index (κ3) is 4.01. The minimum Gasteiger partial charge on any atom is -0.501 e. The normalized spacial score (nSPS) is 9.90. The zero-order valence-electron chi connectivity index (χ0n) is 6.18. The third-order valence-corrected chi connectivity index (χ3v) is 1.26. The largest absolute Gasteiger partial charge is 0.501 e. The molecule has 0 aromatic rings. The van der Waals surface area contributed by atoms with Crippen LogP contribution in [0.1, 0.15) is 6.92 Å². The van der Waals surface area contributed by atoms with Crippen LogP contribution in [0.25, 0.3) is 0 Å². The molecule has 0 radical (unpaired) electrons. The molecule has 0 unspecified atom stereocenters. The van der Waals surface area contributed by atoms with E-state index in [2.05, 4.69) is 6.58 Å². The van der Waals surface area contributed by atoms with Crippen LogP contribution < -0.4 is 0 Å². The van der Waals surface area contributed by atoms with Crippen LogP contribution in [0.3, 0.4) is 0 Å². The minimum atomic E-state index is -0.0606. The summed E-state index contributed by atoms with van der Waals surface area (Å²) in [5.41, 5.74) is 0. The van der Waals surface area contributed by atoms with Crippen molar-refractivity contribution in [2.75, 3.05) is 7.11 Å². The lowest BCUT2D eigenvalue weighted by Crippen LogP contribution is -1.86. The Morgan fingerprint density at radius 2 is 2.30 bits per heavy atom. The van der Waals surface area contributed by atoms with Crippen molar-refractivity contribution in [2.24, 2.45) is 0 Å². The monoisotopic (exact) mass is 154 g/mol. The second-order valence-corrected chi connectivity index (χ2v) is 2.09. The molecule has 0 aromatic carbocycles. The molecule has 0 saturated heterocycles. The lowest BCUT2D eigenvalue weighted by molar-refractivity contribution is 0.291. The molecule has 3 heteroatoms. The van der Waals surface area contributed by atoms with Crippen LogP contribution in [0.15, 0.2) is 24.2 Å². The van der Waals surface area contributed by atoms with E-state index in [4.69, 9.17) is 15.2 Å². The summed E-state index contributed by atoms with van der Waals surface area (Å²) in [6, 6.07) is 5.12. The average molecular weight is 154 g/mol. The topological polar surface area (TPSA) is 18.5 Å². The highest BCUT2D eigenvalue weighted by Gasteiger charge is 1.87. The quantitative estimate of drug-likeness (QED) is 0.346. The number of rotatable bonds is 3. The third-order valence-electron chi connectivity index (χ3n) is 0.876. The first-order valence-electron chi connectivity index (χ1n) is 2.74. The van der Waals surface area contributed by atoms with Crippen LogP contribution in [0.5, 0.6) is 0 Å². The predicted octanol–water partition coefficient (Wildman–Crippen LogP) is 1.28. The number of methoxy groups -OCH3 is 1. The molecular formula is C7H10O2Si. The lowest BCUT2D eigenvalue weighted by Gasteiger charge is -1.99. The van der Waals surface area contributed by atoms with Crippen molar-refractivity contribution in [2.45, 2.75) is 6.92 Å². The van der Waals surface area contributed by atoms with E-state index in [9.17, 15) is 0 Å². The molecule has 0 aliphatic heterocycles. The van der Waals surface area contributed by atoms with Gasteiger partial charge < -0.3 is 9.16 Å². The fourth-order valence-electron chi connectivity index (χ4n) is 0.391. The smallest absolute Gasteiger partial charge is 0.245 e. The van der Waals surface area contributed by atoms with Gasteiger partial charge in [0.2, 0.25) is 9.20 Å². The molecule has 2 nitrogen and oxygen atoms in total. The molecule has 0 aliphatic carbocycles. The van der Waals surface area contributed by atoms with Gasteiger partial charge in [0.25, 0.3) is 0 Å². The predicted molar refractivity (Wildman–Crippen MR) is 41.7 cm³/mol. The molecule has 0 aliphatic rings. The molecule has 0 N–H and O–H groups in total. The van der Waals surface area contributed by atoms with Gasteiger partial charge in [-0.05, 0) is 6.92 Å². The summed E-state index contributed by atoms with van der Waals surface area (Å²) in [6.45, 7) is 5.39. The van der Waals surface area contributed by atoms with E-state index >= 15 is 0 Å². The fourth-order valence-corrected chi connectivity index (χ4v) is 0.601. The Kier molecular flexibility index (Phi) is 4.46. The van der Waals surface area contributed by atoms with Crippen LogP contribution in [0, 0.1) is 6.00 Å². The minimum absolute atomic E-state index is 0.0606. The SMILES string of the molecule is C#[Si]OC(=C)/C=C(\C)OC. The van der Waals surface area contributed by atoms with Crippen molar-refractivity contribution in [1.82, 2.24) is 0 Å². The maximum Gasteiger partial charge on any atom is 0.245 e. The van der Waals surface area contributed by atoms with E-state index in [0.717, 1.165) is 5.76 Å². The van der Waals surface area contributed by atoms with Gasteiger partial charge in [0.15, 0.2) is 0 Å². The Hall–Kier alpha value is -0.923. The molecular weight excluding hydrogens is 144 g/mol. The second kappa shape index (κ2) is 4.91. The van der Waals surface area contributed by atoms with Gasteiger partial charge in [0.05, 0.1) is 12.9 Å². The Morgan fingerprint density at radius 3 is 2.70 bits per heavy atom. The zero-order chi connectivity index (χ0) is 7.98. The number of ether oxygens (including phenoxy) is 1. The number of allylic oxidation sites excluding steroid dienone is 2. The first-order valence-corrected chi connectivity index (χ1v) is 3.73. The number of hydrogen-bond donors (Lipinski definition) is 0. The molecule has 0 saturated carbocycles. The van der Waals surface area contributed by atoms with Gasteiger partial charge in [-0.15, -0.1) is 6.00 Å². The van der Waals surface area contributed by atoms with Crippen molar-refractivity contribution < 1.29 is 9.16 Å². The van der Waals surface area contributed by atoms with Gasteiger partial charge in [-0.25, -0.2) is 0 Å². The van der Waals surface area contributed by atoms with Crippen molar-refractivity contribution in [3.8, 4) is 6.00 Å². The number of hydrogen-bond acceptors (Lipinski definition) is 2. The summed E-state index contributed by atoms with van der Waals surface area (Å²) in [5, 5.41) is 0. The van der Waals surface area contributed by atoms with Crippen LogP contribution in [0.4, 0.5) is 0 Å². The summed E-state index contributed by atoms with van der Waals surface area (Å²) in [4.78, 5) is 0. The van der Waals surface area contributed by atoms with Crippen molar-refractivity contribution in [1.29, 1.82) is 0 Å². The summed E-state index contributed by atoms with van der Waals surface area (Å²) in [5.74, 6) is 1.28. The van der Waals surface area contributed by atoms with E-state index in [1.807, 2.05) is 6.92 Å². The highest BCUT2D eigenvalue weighted by atomic mass is 28.2. The summed E-state index contributed by atoms with van der Waals surface area (Å²) < 4.78 is 9.72. The molecule has 0 spiro atoms. The lowest BCUT2D eigenvalue weighted by atomic mass is 10.4. The molecule has 0 rings (SSSR count). The molecule has 0 bridgehead atoms. The van der Waals surface area contributed by atoms with Crippen molar-refractivity contribution >= 4 is 9.20 Å². The fraction of sp³-hybridized carbons (Fsp3) is 0.286. The van der Waals surface area contributed by atoms with Crippen LogP contribution in [-0.4, -0.2) is 16.3 Å². The van der Waals surface area contributed by atoms with Gasteiger partial charge in [0.1, 0.15) is 5.76 Å². The highest BCUT2D eigenvalue weighted by molar-refractivity contribution is 6.12. The van der Waals surface area contributed by atoms with Gasteiger partial charge in [0, 0.05) is 6.08 Å². The summed E-state index contributed by atoms with van der Waals surface area (Å²) >= 11 is 0. The molecule has 0 aromatic heterocycles. The molecule has 0 atom stereocenters. The van der Waals surface area contributed by atoms with Gasteiger partial charge in [-0.2, -0.15) is 0 Å². The average Bonchev–Trinajstić information content (AvgIpc) is 1.88. The maximum atomic E-state index is 5.12. The van der Waals surface area contributed by atoms with Crippen LogP contribution >= 0.6 is 0 Å². The van der Waals surface area contributed by atoms with E-state index < -0.39 is 0 Å². The van der Waals surface area contributed by atoms with E-state index in [-0.39, 0.29) is 9.20 Å². The maximum absolute atomic E-state index is 5.12. The van der Waals surface area contributed by atoms with Gasteiger partial charge >= 0.3 is 0 Å². The first-order chi connectivity index (χ1) is 4.70. The Labute approximate surface area is 63.4 Å². The molecule has 0 heterocycles. The molecule has 0 amide bonds. The Balaban J connectivity index is 3.90. The molecule has 0 fully saturated rings. The Morgan fingerprint density at radius 1 is 1.70 bits per heavy atom. The molecule has 54 valence electrons.